The standard InChI is InChI=1S/C14H24N4O5/c1-6-22-12(20)11-10(18(17-16-11)8-9(2)19)7-15-13(21)23-14(3,4)5/h9,19H,6-8H2,1-5H3,(H,15,21). The van der Waals surface area contributed by atoms with Gasteiger partial charge >= 0.3 is 12.1 Å². The lowest BCUT2D eigenvalue weighted by atomic mass is 10.2. The largest absolute Gasteiger partial charge is 0.461 e. The van der Waals surface area contributed by atoms with E-state index in [2.05, 4.69) is 15.6 Å². The van der Waals surface area contributed by atoms with Gasteiger partial charge in [-0.05, 0) is 34.6 Å². The summed E-state index contributed by atoms with van der Waals surface area (Å²) in [5.41, 5.74) is -0.287. The first-order chi connectivity index (χ1) is 10.6. The maximum absolute atomic E-state index is 11.9. The van der Waals surface area contributed by atoms with Gasteiger partial charge in [0.25, 0.3) is 0 Å². The number of hydrogen-bond donors (Lipinski definition) is 2. The zero-order chi connectivity index (χ0) is 17.6. The Labute approximate surface area is 135 Å². The van der Waals surface area contributed by atoms with Crippen LogP contribution in [0.25, 0.3) is 0 Å². The molecule has 0 aromatic carbocycles. The highest BCUT2D eigenvalue weighted by atomic mass is 16.6. The van der Waals surface area contributed by atoms with E-state index in [-0.39, 0.29) is 25.4 Å². The fourth-order valence-corrected chi connectivity index (χ4v) is 1.73. The summed E-state index contributed by atoms with van der Waals surface area (Å²) in [7, 11) is 0. The minimum atomic E-state index is -0.688. The Balaban J connectivity index is 2.90. The molecule has 0 aliphatic rings. The zero-order valence-corrected chi connectivity index (χ0v) is 14.1. The van der Waals surface area contributed by atoms with Gasteiger partial charge in [-0.2, -0.15) is 0 Å². The van der Waals surface area contributed by atoms with E-state index >= 15 is 0 Å². The third kappa shape index (κ3) is 6.23. The normalized spacial score (nSPS) is 12.6. The van der Waals surface area contributed by atoms with Crippen LogP contribution in [-0.4, -0.2) is 50.5 Å². The molecule has 0 saturated carbocycles. The van der Waals surface area contributed by atoms with Crippen LogP contribution in [0, 0.1) is 0 Å². The van der Waals surface area contributed by atoms with Gasteiger partial charge in [0.05, 0.1) is 31.5 Å². The number of amides is 1. The molecular weight excluding hydrogens is 304 g/mol. The molecule has 0 aliphatic heterocycles. The molecule has 9 nitrogen and oxygen atoms in total. The number of esters is 1. The van der Waals surface area contributed by atoms with Crippen molar-refractivity contribution in [2.45, 2.75) is 59.4 Å². The highest BCUT2D eigenvalue weighted by molar-refractivity contribution is 5.88. The molecule has 0 bridgehead atoms. The quantitative estimate of drug-likeness (QED) is 0.744. The van der Waals surface area contributed by atoms with Crippen molar-refractivity contribution in [3.63, 3.8) is 0 Å². The molecule has 0 saturated heterocycles. The van der Waals surface area contributed by atoms with Crippen molar-refractivity contribution in [1.82, 2.24) is 20.3 Å². The van der Waals surface area contributed by atoms with Crippen LogP contribution in [0.2, 0.25) is 0 Å². The average Bonchev–Trinajstić information content (AvgIpc) is 2.76. The van der Waals surface area contributed by atoms with Crippen molar-refractivity contribution in [2.24, 2.45) is 0 Å². The number of aliphatic hydroxyl groups excluding tert-OH is 1. The molecule has 1 aromatic heterocycles. The van der Waals surface area contributed by atoms with Crippen molar-refractivity contribution in [2.75, 3.05) is 6.61 Å². The minimum Gasteiger partial charge on any atom is -0.461 e. The van der Waals surface area contributed by atoms with Crippen molar-refractivity contribution < 1.29 is 24.2 Å². The molecule has 2 N–H and O–H groups in total. The first-order valence-electron chi connectivity index (χ1n) is 7.38. The molecule has 0 spiro atoms. The van der Waals surface area contributed by atoms with E-state index in [4.69, 9.17) is 9.47 Å². The summed E-state index contributed by atoms with van der Waals surface area (Å²) in [6.07, 6.45) is -1.32. The van der Waals surface area contributed by atoms with Crippen LogP contribution in [-0.2, 0) is 22.6 Å². The van der Waals surface area contributed by atoms with Gasteiger partial charge in [-0.15, -0.1) is 5.10 Å². The highest BCUT2D eigenvalue weighted by Gasteiger charge is 2.23. The molecule has 0 radical (unpaired) electrons. The predicted molar refractivity (Wildman–Crippen MR) is 80.7 cm³/mol. The molecule has 1 amide bonds. The van der Waals surface area contributed by atoms with E-state index < -0.39 is 23.8 Å². The summed E-state index contributed by atoms with van der Waals surface area (Å²) in [6, 6.07) is 0. The van der Waals surface area contributed by atoms with Crippen LogP contribution in [0.3, 0.4) is 0 Å². The third-order valence-electron chi connectivity index (χ3n) is 2.54. The molecule has 130 valence electrons. The van der Waals surface area contributed by atoms with Crippen molar-refractivity contribution in [3.05, 3.63) is 11.4 Å². The maximum Gasteiger partial charge on any atom is 0.407 e. The van der Waals surface area contributed by atoms with Gasteiger partial charge in [0.1, 0.15) is 5.60 Å². The van der Waals surface area contributed by atoms with E-state index in [0.717, 1.165) is 0 Å². The predicted octanol–water partition coefficient (Wildman–Crippen LogP) is 0.860. The topological polar surface area (TPSA) is 116 Å². The number of carbonyl (C=O) groups is 2. The summed E-state index contributed by atoms with van der Waals surface area (Å²) in [5.74, 6) is -0.634. The molecule has 9 heteroatoms. The van der Waals surface area contributed by atoms with Crippen LogP contribution in [0.5, 0.6) is 0 Å². The Morgan fingerprint density at radius 3 is 2.57 bits per heavy atom. The number of alkyl carbamates (subject to hydrolysis) is 1. The van der Waals surface area contributed by atoms with Gasteiger partial charge in [-0.1, -0.05) is 5.21 Å². The maximum atomic E-state index is 11.9. The first-order valence-corrected chi connectivity index (χ1v) is 7.38. The van der Waals surface area contributed by atoms with Gasteiger partial charge in [-0.3, -0.25) is 0 Å². The van der Waals surface area contributed by atoms with Gasteiger partial charge < -0.3 is 19.9 Å². The van der Waals surface area contributed by atoms with E-state index in [1.165, 1.54) is 4.68 Å². The summed E-state index contributed by atoms with van der Waals surface area (Å²) < 4.78 is 11.4. The number of rotatable bonds is 6. The number of ether oxygens (including phenoxy) is 2. The molecule has 1 atom stereocenters. The van der Waals surface area contributed by atoms with Gasteiger partial charge in [0.15, 0.2) is 5.69 Å². The monoisotopic (exact) mass is 328 g/mol. The molecule has 0 fully saturated rings. The average molecular weight is 328 g/mol. The number of aliphatic hydroxyl groups is 1. The van der Waals surface area contributed by atoms with E-state index in [1.54, 1.807) is 34.6 Å². The minimum absolute atomic E-state index is 0.00330. The summed E-state index contributed by atoms with van der Waals surface area (Å²) in [5, 5.41) is 19.6. The number of carbonyl (C=O) groups excluding carboxylic acids is 2. The lowest BCUT2D eigenvalue weighted by Gasteiger charge is -2.19. The van der Waals surface area contributed by atoms with Crippen LogP contribution >= 0.6 is 0 Å². The van der Waals surface area contributed by atoms with Crippen molar-refractivity contribution >= 4 is 12.1 Å². The lowest BCUT2D eigenvalue weighted by Crippen LogP contribution is -2.33. The molecule has 1 aromatic rings. The van der Waals surface area contributed by atoms with E-state index in [0.29, 0.717) is 5.69 Å². The van der Waals surface area contributed by atoms with Crippen LogP contribution in [0.1, 0.15) is 50.8 Å². The number of nitrogens with one attached hydrogen (secondary N) is 1. The smallest absolute Gasteiger partial charge is 0.407 e. The van der Waals surface area contributed by atoms with E-state index in [9.17, 15) is 14.7 Å². The first kappa shape index (κ1) is 18.9. The number of hydrogen-bond acceptors (Lipinski definition) is 7. The second kappa shape index (κ2) is 7.91. The summed E-state index contributed by atoms with van der Waals surface area (Å²) in [6.45, 7) is 8.80. The Kier molecular flexibility index (Phi) is 6.49. The van der Waals surface area contributed by atoms with Crippen LogP contribution in [0.15, 0.2) is 0 Å². The molecular formula is C14H24N4O5. The molecule has 1 unspecified atom stereocenters. The second-order valence-corrected chi connectivity index (χ2v) is 5.99. The van der Waals surface area contributed by atoms with Gasteiger partial charge in [0.2, 0.25) is 0 Å². The lowest BCUT2D eigenvalue weighted by molar-refractivity contribution is 0.0497. The third-order valence-corrected chi connectivity index (χ3v) is 2.54. The second-order valence-electron chi connectivity index (χ2n) is 5.99. The fraction of sp³-hybridized carbons (Fsp3) is 0.714. The highest BCUT2D eigenvalue weighted by Crippen LogP contribution is 2.10. The zero-order valence-electron chi connectivity index (χ0n) is 14.1. The Bertz CT molecular complexity index is 548. The Morgan fingerprint density at radius 1 is 1.39 bits per heavy atom. The molecule has 23 heavy (non-hydrogen) atoms. The molecule has 1 rings (SSSR count). The fourth-order valence-electron chi connectivity index (χ4n) is 1.73. The van der Waals surface area contributed by atoms with Crippen molar-refractivity contribution in [1.29, 1.82) is 0 Å². The number of nitrogens with zero attached hydrogens (tertiary/aromatic N) is 3. The van der Waals surface area contributed by atoms with E-state index in [1.807, 2.05) is 0 Å². The Morgan fingerprint density at radius 2 is 2.04 bits per heavy atom. The van der Waals surface area contributed by atoms with Gasteiger partial charge in [0, 0.05) is 0 Å². The molecule has 0 aliphatic carbocycles. The Hall–Kier alpha value is -2.16. The summed E-state index contributed by atoms with van der Waals surface area (Å²) >= 11 is 0. The van der Waals surface area contributed by atoms with Crippen molar-refractivity contribution in [3.8, 4) is 0 Å². The SMILES string of the molecule is CCOC(=O)c1nnn(CC(C)O)c1CNC(=O)OC(C)(C)C. The number of aromatic nitrogens is 3. The molecule has 1 heterocycles. The van der Waals surface area contributed by atoms with Gasteiger partial charge in [-0.25, -0.2) is 14.3 Å². The summed E-state index contributed by atoms with van der Waals surface area (Å²) in [4.78, 5) is 23.6. The van der Waals surface area contributed by atoms with Crippen LogP contribution < -0.4 is 5.32 Å². The van der Waals surface area contributed by atoms with Crippen LogP contribution in [0.4, 0.5) is 4.79 Å².